The Bertz CT molecular complexity index is 1030. The van der Waals surface area contributed by atoms with Crippen molar-refractivity contribution < 1.29 is 33.3 Å². The number of hydrogen-bond donors (Lipinski definition) is 0. The molecule has 2 aromatic carbocycles. The molecule has 5 nitrogen and oxygen atoms in total. The van der Waals surface area contributed by atoms with Crippen LogP contribution in [0, 0.1) is 24.2 Å². The van der Waals surface area contributed by atoms with E-state index >= 15 is 0 Å². The molecule has 0 spiro atoms. The van der Waals surface area contributed by atoms with Gasteiger partial charge in [-0.2, -0.15) is 0 Å². The van der Waals surface area contributed by atoms with Gasteiger partial charge in [-0.15, -0.1) is 12.1 Å². The van der Waals surface area contributed by atoms with Crippen LogP contribution in [-0.4, -0.2) is 20.0 Å². The van der Waals surface area contributed by atoms with Gasteiger partial charge in [0.15, 0.2) is 0 Å². The van der Waals surface area contributed by atoms with Gasteiger partial charge in [-0.25, -0.2) is 8.42 Å². The van der Waals surface area contributed by atoms with Crippen molar-refractivity contribution >= 4 is 15.8 Å². The fraction of sp³-hybridized carbons (Fsp3) is 0.440. The van der Waals surface area contributed by atoms with Crippen LogP contribution < -0.4 is 0 Å². The third-order valence-corrected chi connectivity index (χ3v) is 8.86. The van der Waals surface area contributed by atoms with Crippen molar-refractivity contribution in [3.63, 3.8) is 0 Å². The predicted molar refractivity (Wildman–Crippen MR) is 125 cm³/mol. The standard InChI is InChI=1S/C24H28N2O3S.CH3.Ir/c1-23(2)19-13-14-24(23,20(27)15-19)16-30(28,29)26-22(18-11-7-4-8-12-18)21(25)17-9-5-3-6-10-17;;/h3-12,19,21-22,25H,13-16H2,1-2H3;1H3;/q-2;-1;+3/t19?,21-,22-,24+;;/m0../s1. The van der Waals surface area contributed by atoms with Gasteiger partial charge in [0.25, 0.3) is 0 Å². The summed E-state index contributed by atoms with van der Waals surface area (Å²) in [6, 6.07) is 16.6. The maximum Gasteiger partial charge on any atom is 3.00 e. The van der Waals surface area contributed by atoms with E-state index in [1.165, 1.54) is 0 Å². The van der Waals surface area contributed by atoms with Gasteiger partial charge in [-0.05, 0) is 24.2 Å². The molecule has 2 bridgehead atoms. The molecule has 2 fully saturated rings. The Morgan fingerprint density at radius 2 is 1.56 bits per heavy atom. The van der Waals surface area contributed by atoms with E-state index < -0.39 is 27.5 Å². The maximum atomic E-state index is 13.3. The van der Waals surface area contributed by atoms with E-state index in [9.17, 15) is 13.2 Å². The van der Waals surface area contributed by atoms with Gasteiger partial charge in [0.05, 0.1) is 10.0 Å². The monoisotopic (exact) mass is 632 g/mol. The Labute approximate surface area is 206 Å². The number of rotatable bonds is 7. The Balaban J connectivity index is 0.00000181. The van der Waals surface area contributed by atoms with Gasteiger partial charge < -0.3 is 17.9 Å². The average molecular weight is 632 g/mol. The van der Waals surface area contributed by atoms with Crippen molar-refractivity contribution in [2.24, 2.45) is 16.7 Å². The molecule has 32 heavy (non-hydrogen) atoms. The van der Waals surface area contributed by atoms with Crippen molar-refractivity contribution in [3.05, 3.63) is 89.7 Å². The predicted octanol–water partition coefficient (Wildman–Crippen LogP) is 6.07. The number of ketones is 1. The Morgan fingerprint density at radius 1 is 1.03 bits per heavy atom. The zero-order chi connectivity index (χ0) is 21.6. The molecule has 4 rings (SSSR count). The Hall–Kier alpha value is -1.37. The molecule has 4 atom stereocenters. The number of Topliss-reactive ketones (excluding diaryl/α,β-unsaturated/α-hetero) is 1. The Kier molecular flexibility index (Phi) is 8.28. The quantitative estimate of drug-likeness (QED) is 0.348. The van der Waals surface area contributed by atoms with Crippen LogP contribution in [0.15, 0.2) is 60.7 Å². The summed E-state index contributed by atoms with van der Waals surface area (Å²) in [4.78, 5) is 12.8. The minimum absolute atomic E-state index is 0. The molecule has 0 aliphatic heterocycles. The second-order valence-corrected chi connectivity index (χ2v) is 10.9. The molecule has 0 heterocycles. The van der Waals surface area contributed by atoms with Crippen molar-refractivity contribution in [2.75, 3.05) is 5.75 Å². The van der Waals surface area contributed by atoms with Crippen LogP contribution in [0.5, 0.6) is 0 Å². The first-order valence-electron chi connectivity index (χ1n) is 10.5. The van der Waals surface area contributed by atoms with Crippen LogP contribution in [0.3, 0.4) is 0 Å². The van der Waals surface area contributed by atoms with Crippen LogP contribution in [0.25, 0.3) is 10.5 Å². The van der Waals surface area contributed by atoms with E-state index in [2.05, 4.69) is 4.72 Å². The number of carbonyl (C=O) groups excluding carboxylic acids is 1. The number of nitrogens with one attached hydrogen (secondary N) is 1. The maximum absolute atomic E-state index is 13.3. The molecular weight excluding hydrogens is 601 g/mol. The summed E-state index contributed by atoms with van der Waals surface area (Å²) in [6.45, 7) is 4.05. The largest absolute Gasteiger partial charge is 3.00 e. The molecule has 2 saturated carbocycles. The summed E-state index contributed by atoms with van der Waals surface area (Å²) in [5.41, 5.74) is 8.97. The Morgan fingerprint density at radius 3 is 2.03 bits per heavy atom. The van der Waals surface area contributed by atoms with E-state index in [1.54, 1.807) is 0 Å². The minimum Gasteiger partial charge on any atom is -0.672 e. The fourth-order valence-electron chi connectivity index (χ4n) is 5.44. The van der Waals surface area contributed by atoms with Crippen LogP contribution in [0.2, 0.25) is 0 Å². The fourth-order valence-corrected chi connectivity index (χ4v) is 7.40. The molecule has 2 aliphatic carbocycles. The molecule has 0 amide bonds. The van der Waals surface area contributed by atoms with Gasteiger partial charge in [0.2, 0.25) is 0 Å². The average Bonchev–Trinajstić information content (AvgIpc) is 3.07. The number of hydrogen-bond acceptors (Lipinski definition) is 3. The minimum atomic E-state index is -3.93. The van der Waals surface area contributed by atoms with Gasteiger partial charge in [-0.1, -0.05) is 85.6 Å². The first-order chi connectivity index (χ1) is 14.2. The van der Waals surface area contributed by atoms with Crippen molar-refractivity contribution in [1.29, 1.82) is 0 Å². The third kappa shape index (κ3) is 4.64. The summed E-state index contributed by atoms with van der Waals surface area (Å²) in [7, 11) is -3.93. The van der Waals surface area contributed by atoms with Crippen LogP contribution in [-0.2, 0) is 34.9 Å². The molecule has 1 unspecified atom stereocenters. The summed E-state index contributed by atoms with van der Waals surface area (Å²) in [5, 5.41) is 0. The summed E-state index contributed by atoms with van der Waals surface area (Å²) < 4.78 is 30.9. The summed E-state index contributed by atoms with van der Waals surface area (Å²) >= 11 is 0. The van der Waals surface area contributed by atoms with E-state index in [-0.39, 0.29) is 50.4 Å². The second-order valence-electron chi connectivity index (χ2n) is 9.24. The van der Waals surface area contributed by atoms with E-state index in [0.29, 0.717) is 24.0 Å². The molecule has 2 aromatic rings. The molecule has 0 saturated heterocycles. The van der Waals surface area contributed by atoms with Gasteiger partial charge in [0, 0.05) is 17.6 Å². The van der Waals surface area contributed by atoms with Crippen molar-refractivity contribution in [2.45, 2.75) is 45.2 Å². The summed E-state index contributed by atoms with van der Waals surface area (Å²) in [6.07, 6.45) is 1.97. The number of nitrogens with zero attached hydrogens (tertiary/aromatic N) is 1. The smallest absolute Gasteiger partial charge is 0.672 e. The molecule has 0 radical (unpaired) electrons. The molecule has 2 aliphatic rings. The number of sulfonamides is 1. The van der Waals surface area contributed by atoms with Crippen molar-refractivity contribution in [1.82, 2.24) is 0 Å². The van der Waals surface area contributed by atoms with Gasteiger partial charge >= 0.3 is 20.1 Å². The molecular formula is C25H31IrN2O3S. The van der Waals surface area contributed by atoms with Gasteiger partial charge in [-0.3, -0.25) is 4.79 Å². The molecule has 174 valence electrons. The van der Waals surface area contributed by atoms with Crippen LogP contribution in [0.4, 0.5) is 0 Å². The number of fused-ring (bicyclic) bond motifs is 2. The van der Waals surface area contributed by atoms with E-state index in [4.69, 9.17) is 5.73 Å². The molecule has 7 heteroatoms. The second kappa shape index (κ2) is 9.86. The third-order valence-electron chi connectivity index (χ3n) is 7.46. The normalized spacial score (nSPS) is 25.5. The van der Waals surface area contributed by atoms with Gasteiger partial charge in [0.1, 0.15) is 5.78 Å². The SMILES string of the molecule is CC1(C)C2CC[C@@]1(CS(=O)(=O)[N-][C@@H](c1ccccc1)[C@@H]([NH-])c1ccccc1)C(=O)C2.[CH3-].[Ir+3]. The van der Waals surface area contributed by atoms with Crippen LogP contribution >= 0.6 is 0 Å². The number of carbonyl (C=O) groups is 1. The van der Waals surface area contributed by atoms with E-state index in [0.717, 1.165) is 6.42 Å². The number of benzene rings is 2. The van der Waals surface area contributed by atoms with E-state index in [1.807, 2.05) is 74.5 Å². The molecule has 1 N–H and O–H groups in total. The van der Waals surface area contributed by atoms with Crippen LogP contribution in [0.1, 0.15) is 56.3 Å². The topological polar surface area (TPSA) is 89.1 Å². The zero-order valence-corrected chi connectivity index (χ0v) is 22.0. The zero-order valence-electron chi connectivity index (χ0n) is 18.7. The van der Waals surface area contributed by atoms with Crippen molar-refractivity contribution in [3.8, 4) is 0 Å². The molecule has 0 aromatic heterocycles. The first-order valence-corrected chi connectivity index (χ1v) is 12.1. The summed E-state index contributed by atoms with van der Waals surface area (Å²) in [5.74, 6) is 0.0512. The first kappa shape index (κ1) is 26.9.